The van der Waals surface area contributed by atoms with Crippen LogP contribution in [-0.2, 0) is 6.54 Å². The second kappa shape index (κ2) is 8.49. The number of ether oxygens (including phenoxy) is 2. The Labute approximate surface area is 188 Å². The van der Waals surface area contributed by atoms with Crippen molar-refractivity contribution in [3.05, 3.63) is 88.9 Å². The third kappa shape index (κ3) is 4.17. The number of nitrogens with one attached hydrogen (secondary N) is 1. The summed E-state index contributed by atoms with van der Waals surface area (Å²) in [4.78, 5) is 18.7. The molecule has 0 radical (unpaired) electrons. The Morgan fingerprint density at radius 3 is 2.71 bits per heavy atom. The maximum atomic E-state index is 13.1. The van der Waals surface area contributed by atoms with Gasteiger partial charge in [0.2, 0.25) is 6.79 Å². The van der Waals surface area contributed by atoms with E-state index in [0.717, 1.165) is 27.1 Å². The Bertz CT molecular complexity index is 1300. The van der Waals surface area contributed by atoms with E-state index in [4.69, 9.17) is 26.1 Å². The molecule has 31 heavy (non-hydrogen) atoms. The van der Waals surface area contributed by atoms with Crippen LogP contribution in [0.5, 0.6) is 11.5 Å². The van der Waals surface area contributed by atoms with E-state index in [1.807, 2.05) is 72.8 Å². The quantitative estimate of drug-likeness (QED) is 0.424. The number of fused-ring (bicyclic) bond motifs is 2. The zero-order valence-corrected chi connectivity index (χ0v) is 17.9. The summed E-state index contributed by atoms with van der Waals surface area (Å²) in [6, 6.07) is 22.7. The lowest BCUT2D eigenvalue weighted by molar-refractivity contribution is 0.0952. The van der Waals surface area contributed by atoms with Gasteiger partial charge in [0.25, 0.3) is 5.91 Å². The van der Waals surface area contributed by atoms with Gasteiger partial charge in [0.1, 0.15) is 5.03 Å². The number of hydrogen-bond donors (Lipinski definition) is 1. The number of para-hydroxylation sites is 1. The van der Waals surface area contributed by atoms with E-state index >= 15 is 0 Å². The smallest absolute Gasteiger partial charge is 0.252 e. The number of rotatable bonds is 5. The lowest BCUT2D eigenvalue weighted by Gasteiger charge is -2.11. The van der Waals surface area contributed by atoms with Gasteiger partial charge in [-0.25, -0.2) is 4.98 Å². The highest BCUT2D eigenvalue weighted by Gasteiger charge is 2.16. The Morgan fingerprint density at radius 1 is 1.00 bits per heavy atom. The van der Waals surface area contributed by atoms with Crippen molar-refractivity contribution >= 4 is 40.2 Å². The second-order valence-corrected chi connectivity index (χ2v) is 8.40. The summed E-state index contributed by atoms with van der Waals surface area (Å²) in [5, 5.41) is 5.16. The Kier molecular flexibility index (Phi) is 5.40. The first-order valence-electron chi connectivity index (χ1n) is 9.66. The number of hydrogen-bond acceptors (Lipinski definition) is 5. The topological polar surface area (TPSA) is 60.5 Å². The lowest BCUT2D eigenvalue weighted by atomic mass is 10.1. The molecule has 3 aromatic carbocycles. The Hall–Kier alpha value is -3.22. The van der Waals surface area contributed by atoms with Gasteiger partial charge < -0.3 is 14.8 Å². The van der Waals surface area contributed by atoms with E-state index in [2.05, 4.69) is 5.32 Å². The highest BCUT2D eigenvalue weighted by atomic mass is 35.5. The third-order valence-corrected chi connectivity index (χ3v) is 6.31. The minimum atomic E-state index is -0.169. The number of nitrogens with zero attached hydrogens (tertiary/aromatic N) is 1. The lowest BCUT2D eigenvalue weighted by Crippen LogP contribution is -2.23. The van der Waals surface area contributed by atoms with Gasteiger partial charge in [-0.1, -0.05) is 59.8 Å². The van der Waals surface area contributed by atoms with Crippen molar-refractivity contribution in [2.24, 2.45) is 0 Å². The van der Waals surface area contributed by atoms with Crippen molar-refractivity contribution in [2.75, 3.05) is 6.79 Å². The van der Waals surface area contributed by atoms with Crippen molar-refractivity contribution < 1.29 is 14.3 Å². The number of carbonyl (C=O) groups is 1. The number of aromatic nitrogens is 1. The Morgan fingerprint density at radius 2 is 1.81 bits per heavy atom. The van der Waals surface area contributed by atoms with Crippen molar-refractivity contribution in [3.63, 3.8) is 0 Å². The van der Waals surface area contributed by atoms with Gasteiger partial charge in [-0.2, -0.15) is 0 Å². The van der Waals surface area contributed by atoms with E-state index in [1.54, 1.807) is 0 Å². The van der Waals surface area contributed by atoms with Gasteiger partial charge >= 0.3 is 0 Å². The molecule has 0 saturated carbocycles. The normalized spacial score (nSPS) is 12.2. The molecule has 5 nitrogen and oxygen atoms in total. The monoisotopic (exact) mass is 448 g/mol. The summed E-state index contributed by atoms with van der Waals surface area (Å²) in [5.41, 5.74) is 2.26. The van der Waals surface area contributed by atoms with Gasteiger partial charge in [0, 0.05) is 16.8 Å². The van der Waals surface area contributed by atoms with E-state index in [1.165, 1.54) is 11.8 Å². The van der Waals surface area contributed by atoms with Gasteiger partial charge in [-0.05, 0) is 42.0 Å². The van der Waals surface area contributed by atoms with Crippen molar-refractivity contribution in [1.82, 2.24) is 10.3 Å². The van der Waals surface area contributed by atoms with Crippen LogP contribution in [0.25, 0.3) is 10.9 Å². The van der Waals surface area contributed by atoms with E-state index < -0.39 is 0 Å². The summed E-state index contributed by atoms with van der Waals surface area (Å²) in [7, 11) is 0. The van der Waals surface area contributed by atoms with Crippen LogP contribution in [0, 0.1) is 0 Å². The first-order valence-corrected chi connectivity index (χ1v) is 10.9. The van der Waals surface area contributed by atoms with Crippen LogP contribution < -0.4 is 14.8 Å². The summed E-state index contributed by atoms with van der Waals surface area (Å²) in [6.07, 6.45) is 0. The maximum absolute atomic E-state index is 13.1. The molecule has 0 atom stereocenters. The average Bonchev–Trinajstić information content (AvgIpc) is 3.26. The molecular weight excluding hydrogens is 432 g/mol. The van der Waals surface area contributed by atoms with Crippen LogP contribution in [0.3, 0.4) is 0 Å². The fourth-order valence-corrected chi connectivity index (χ4v) is 4.47. The van der Waals surface area contributed by atoms with Crippen LogP contribution in [0.15, 0.2) is 82.7 Å². The van der Waals surface area contributed by atoms with Gasteiger partial charge in [0.15, 0.2) is 11.5 Å². The molecule has 1 aromatic heterocycles. The maximum Gasteiger partial charge on any atom is 0.252 e. The SMILES string of the molecule is O=C(NCc1ccc2c(c1)OCO2)c1cc(Sc2ccccc2Cl)nc2ccccc12. The van der Waals surface area contributed by atoms with Crippen LogP contribution in [0.4, 0.5) is 0 Å². The second-order valence-electron chi connectivity index (χ2n) is 6.93. The number of pyridine rings is 1. The molecule has 5 rings (SSSR count). The van der Waals surface area contributed by atoms with Crippen molar-refractivity contribution in [3.8, 4) is 11.5 Å². The first kappa shape index (κ1) is 19.7. The molecule has 154 valence electrons. The predicted octanol–water partition coefficient (Wildman–Crippen LogP) is 5.70. The highest BCUT2D eigenvalue weighted by Crippen LogP contribution is 2.34. The molecule has 2 heterocycles. The van der Waals surface area contributed by atoms with Crippen LogP contribution in [0.2, 0.25) is 5.02 Å². The molecule has 1 aliphatic rings. The zero-order chi connectivity index (χ0) is 21.2. The van der Waals surface area contributed by atoms with Gasteiger partial charge in [-0.15, -0.1) is 0 Å². The number of halogens is 1. The molecule has 7 heteroatoms. The molecule has 0 aliphatic carbocycles. The minimum absolute atomic E-state index is 0.169. The fourth-order valence-electron chi connectivity index (χ4n) is 3.36. The Balaban J connectivity index is 1.42. The molecule has 1 aliphatic heterocycles. The number of amides is 1. The van der Waals surface area contributed by atoms with Crippen molar-refractivity contribution in [2.45, 2.75) is 16.5 Å². The minimum Gasteiger partial charge on any atom is -0.454 e. The molecular formula is C24H17ClN2O3S. The standard InChI is InChI=1S/C24H17ClN2O3S/c25-18-6-2-4-8-22(18)31-23-12-17(16-5-1-3-7-19(16)27-23)24(28)26-13-15-9-10-20-21(11-15)30-14-29-20/h1-12H,13-14H2,(H,26,28). The summed E-state index contributed by atoms with van der Waals surface area (Å²) in [5.74, 6) is 1.24. The van der Waals surface area contributed by atoms with Crippen molar-refractivity contribution in [1.29, 1.82) is 0 Å². The first-order chi connectivity index (χ1) is 15.2. The number of carbonyl (C=O) groups excluding carboxylic acids is 1. The highest BCUT2D eigenvalue weighted by molar-refractivity contribution is 7.99. The third-order valence-electron chi connectivity index (χ3n) is 4.88. The fraction of sp³-hybridized carbons (Fsp3) is 0.0833. The molecule has 0 unspecified atom stereocenters. The molecule has 0 fully saturated rings. The van der Waals surface area contributed by atoms with Crippen LogP contribution in [-0.4, -0.2) is 17.7 Å². The predicted molar refractivity (Wildman–Crippen MR) is 121 cm³/mol. The van der Waals surface area contributed by atoms with Gasteiger partial charge in [-0.3, -0.25) is 4.79 Å². The zero-order valence-electron chi connectivity index (χ0n) is 16.3. The van der Waals surface area contributed by atoms with Crippen LogP contribution in [0.1, 0.15) is 15.9 Å². The molecule has 0 spiro atoms. The molecule has 1 amide bonds. The van der Waals surface area contributed by atoms with E-state index in [9.17, 15) is 4.79 Å². The summed E-state index contributed by atoms with van der Waals surface area (Å²) in [6.45, 7) is 0.596. The molecule has 1 N–H and O–H groups in total. The van der Waals surface area contributed by atoms with E-state index in [-0.39, 0.29) is 12.7 Å². The van der Waals surface area contributed by atoms with E-state index in [0.29, 0.717) is 27.9 Å². The van der Waals surface area contributed by atoms with Gasteiger partial charge in [0.05, 0.1) is 16.1 Å². The molecule has 4 aromatic rings. The largest absolute Gasteiger partial charge is 0.454 e. The summed E-state index contributed by atoms with van der Waals surface area (Å²) < 4.78 is 10.8. The van der Waals surface area contributed by atoms with Crippen LogP contribution >= 0.6 is 23.4 Å². The number of benzene rings is 3. The summed E-state index contributed by atoms with van der Waals surface area (Å²) >= 11 is 7.74. The average molecular weight is 449 g/mol. The molecule has 0 bridgehead atoms. The molecule has 0 saturated heterocycles.